The molecule has 1 aromatic heterocycles. The Morgan fingerprint density at radius 3 is 2.61 bits per heavy atom. The van der Waals surface area contributed by atoms with Crippen LogP contribution in [0.1, 0.15) is 19.4 Å². The van der Waals surface area contributed by atoms with E-state index in [2.05, 4.69) is 29.1 Å². The van der Waals surface area contributed by atoms with Gasteiger partial charge >= 0.3 is 0 Å². The molecule has 0 bridgehead atoms. The van der Waals surface area contributed by atoms with E-state index in [1.165, 1.54) is 13.2 Å². The third kappa shape index (κ3) is 3.87. The summed E-state index contributed by atoms with van der Waals surface area (Å²) in [6.45, 7) is 4.62. The molecule has 0 saturated heterocycles. The van der Waals surface area contributed by atoms with Crippen LogP contribution < -0.4 is 10.1 Å². The number of amides is 1. The van der Waals surface area contributed by atoms with Gasteiger partial charge in [0, 0.05) is 18.2 Å². The highest BCUT2D eigenvalue weighted by molar-refractivity contribution is 7.90. The van der Waals surface area contributed by atoms with Gasteiger partial charge in [0.15, 0.2) is 9.84 Å². The molecule has 28 heavy (non-hydrogen) atoms. The number of aromatic nitrogens is 2. The van der Waals surface area contributed by atoms with Crippen LogP contribution >= 0.6 is 0 Å². The van der Waals surface area contributed by atoms with Gasteiger partial charge in [-0.05, 0) is 35.9 Å². The van der Waals surface area contributed by atoms with E-state index in [1.807, 2.05) is 18.2 Å². The van der Waals surface area contributed by atoms with Gasteiger partial charge in [-0.2, -0.15) is 0 Å². The van der Waals surface area contributed by atoms with Crippen LogP contribution in [0.2, 0.25) is 0 Å². The van der Waals surface area contributed by atoms with Crippen molar-refractivity contribution in [2.75, 3.05) is 19.9 Å². The van der Waals surface area contributed by atoms with E-state index in [0.29, 0.717) is 30.1 Å². The number of nitrogens with one attached hydrogen (secondary N) is 2. The Labute approximate surface area is 164 Å². The molecule has 0 atom stereocenters. The first-order valence-electron chi connectivity index (χ1n) is 8.71. The quantitative estimate of drug-likeness (QED) is 0.593. The molecular weight excluding hydrogens is 378 g/mol. The summed E-state index contributed by atoms with van der Waals surface area (Å²) in [5, 5.41) is 2.73. The van der Waals surface area contributed by atoms with E-state index in [0.717, 1.165) is 22.9 Å². The van der Waals surface area contributed by atoms with Gasteiger partial charge in [-0.25, -0.2) is 13.4 Å². The van der Waals surface area contributed by atoms with Crippen molar-refractivity contribution in [2.45, 2.75) is 24.2 Å². The molecule has 2 N–H and O–H groups in total. The summed E-state index contributed by atoms with van der Waals surface area (Å²) in [6, 6.07) is 10.6. The number of hydrogen-bond acceptors (Lipinski definition) is 5. The second-order valence-electron chi connectivity index (χ2n) is 7.33. The number of rotatable bonds is 7. The van der Waals surface area contributed by atoms with Crippen molar-refractivity contribution in [1.82, 2.24) is 15.3 Å². The summed E-state index contributed by atoms with van der Waals surface area (Å²) in [6.07, 6.45) is 1.85. The molecule has 0 saturated carbocycles. The summed E-state index contributed by atoms with van der Waals surface area (Å²) in [5.74, 6) is 1.02. The van der Waals surface area contributed by atoms with Crippen LogP contribution in [-0.2, 0) is 20.0 Å². The van der Waals surface area contributed by atoms with Gasteiger partial charge < -0.3 is 15.0 Å². The predicted octanol–water partition coefficient (Wildman–Crippen LogP) is 2.67. The fourth-order valence-electron chi connectivity index (χ4n) is 3.05. The second-order valence-corrected chi connectivity index (χ2v) is 9.35. The lowest BCUT2D eigenvalue weighted by Crippen LogP contribution is -2.32. The normalized spacial score (nSPS) is 12.1. The topological polar surface area (TPSA) is 101 Å². The minimum Gasteiger partial charge on any atom is -0.496 e. The Morgan fingerprint density at radius 1 is 1.21 bits per heavy atom. The Balaban J connectivity index is 2.04. The average Bonchev–Trinajstić information content (AvgIpc) is 3.08. The number of imidazole rings is 1. The molecule has 0 spiro atoms. The lowest BCUT2D eigenvalue weighted by Gasteiger charge is -2.24. The van der Waals surface area contributed by atoms with Gasteiger partial charge in [-0.15, -0.1) is 0 Å². The number of ether oxygens (including phenoxy) is 1. The van der Waals surface area contributed by atoms with Gasteiger partial charge in [0.05, 0.1) is 28.6 Å². The fraction of sp³-hybridized carbons (Fsp3) is 0.300. The van der Waals surface area contributed by atoms with Crippen molar-refractivity contribution >= 4 is 27.3 Å². The standard InChI is InChI=1S/C20H23N3O4S/c1-20(2,11-21-12-24)13-5-8-16-17(9-13)23-19(22-16)15-7-6-14(28(4,25)26)10-18(15)27-3/h5-10,12H,11H2,1-4H3,(H,21,24)(H,22,23). The molecule has 0 aliphatic heterocycles. The molecule has 0 aliphatic rings. The summed E-state index contributed by atoms with van der Waals surface area (Å²) in [7, 11) is -1.84. The maximum absolute atomic E-state index is 11.8. The van der Waals surface area contributed by atoms with E-state index in [9.17, 15) is 13.2 Å². The number of aromatic amines is 1. The van der Waals surface area contributed by atoms with E-state index >= 15 is 0 Å². The monoisotopic (exact) mass is 401 g/mol. The largest absolute Gasteiger partial charge is 0.496 e. The number of H-pyrrole nitrogens is 1. The number of nitrogens with zero attached hydrogens (tertiary/aromatic N) is 1. The van der Waals surface area contributed by atoms with E-state index < -0.39 is 9.84 Å². The molecule has 1 amide bonds. The second kappa shape index (κ2) is 7.27. The molecule has 0 radical (unpaired) electrons. The zero-order valence-electron chi connectivity index (χ0n) is 16.2. The third-order valence-corrected chi connectivity index (χ3v) is 5.86. The van der Waals surface area contributed by atoms with Crippen LogP contribution in [0.4, 0.5) is 0 Å². The lowest BCUT2D eigenvalue weighted by molar-refractivity contribution is -0.109. The van der Waals surface area contributed by atoms with Gasteiger partial charge in [-0.3, -0.25) is 4.79 Å². The summed E-state index contributed by atoms with van der Waals surface area (Å²) in [5.41, 5.74) is 3.13. The number of fused-ring (bicyclic) bond motifs is 1. The number of carbonyl (C=O) groups is 1. The zero-order chi connectivity index (χ0) is 20.5. The lowest BCUT2D eigenvalue weighted by atomic mass is 9.84. The highest BCUT2D eigenvalue weighted by Gasteiger charge is 2.21. The third-order valence-electron chi connectivity index (χ3n) is 4.75. The number of methoxy groups -OCH3 is 1. The summed E-state index contributed by atoms with van der Waals surface area (Å²) in [4.78, 5) is 18.7. The van der Waals surface area contributed by atoms with Gasteiger partial charge in [0.2, 0.25) is 6.41 Å². The average molecular weight is 401 g/mol. The molecule has 7 nitrogen and oxygen atoms in total. The van der Waals surface area contributed by atoms with Gasteiger partial charge in [0.1, 0.15) is 11.6 Å². The Kier molecular flexibility index (Phi) is 5.16. The van der Waals surface area contributed by atoms with Crippen molar-refractivity contribution in [3.05, 3.63) is 42.0 Å². The molecular formula is C20H23N3O4S. The smallest absolute Gasteiger partial charge is 0.207 e. The highest BCUT2D eigenvalue weighted by Crippen LogP contribution is 2.33. The molecule has 0 fully saturated rings. The summed E-state index contributed by atoms with van der Waals surface area (Å²) >= 11 is 0. The van der Waals surface area contributed by atoms with Crippen LogP contribution in [0.25, 0.3) is 22.4 Å². The Bertz CT molecular complexity index is 1130. The maximum Gasteiger partial charge on any atom is 0.207 e. The van der Waals surface area contributed by atoms with Crippen LogP contribution in [0.15, 0.2) is 41.3 Å². The van der Waals surface area contributed by atoms with E-state index in [4.69, 9.17) is 4.74 Å². The number of hydrogen-bond donors (Lipinski definition) is 2. The summed E-state index contributed by atoms with van der Waals surface area (Å²) < 4.78 is 29.0. The molecule has 0 unspecified atom stereocenters. The first-order valence-corrected chi connectivity index (χ1v) is 10.6. The van der Waals surface area contributed by atoms with Crippen LogP contribution in [0.3, 0.4) is 0 Å². The molecule has 0 aliphatic carbocycles. The molecule has 2 aromatic carbocycles. The van der Waals surface area contributed by atoms with Crippen molar-refractivity contribution < 1.29 is 17.9 Å². The Hall–Kier alpha value is -2.87. The Morgan fingerprint density at radius 2 is 1.96 bits per heavy atom. The minimum absolute atomic E-state index is 0.191. The van der Waals surface area contributed by atoms with Crippen molar-refractivity contribution in [3.8, 4) is 17.1 Å². The maximum atomic E-state index is 11.8. The molecule has 3 aromatic rings. The van der Waals surface area contributed by atoms with E-state index in [-0.39, 0.29) is 10.3 Å². The number of benzene rings is 2. The van der Waals surface area contributed by atoms with Crippen molar-refractivity contribution in [1.29, 1.82) is 0 Å². The van der Waals surface area contributed by atoms with Crippen molar-refractivity contribution in [3.63, 3.8) is 0 Å². The zero-order valence-corrected chi connectivity index (χ0v) is 17.1. The fourth-order valence-corrected chi connectivity index (χ4v) is 3.69. The number of sulfone groups is 1. The van der Waals surface area contributed by atoms with E-state index in [1.54, 1.807) is 12.1 Å². The van der Waals surface area contributed by atoms with Gasteiger partial charge in [0.25, 0.3) is 0 Å². The molecule has 1 heterocycles. The van der Waals surface area contributed by atoms with Crippen LogP contribution in [0, 0.1) is 0 Å². The van der Waals surface area contributed by atoms with Gasteiger partial charge in [-0.1, -0.05) is 19.9 Å². The minimum atomic E-state index is -3.33. The first kappa shape index (κ1) is 19.9. The molecule has 3 rings (SSSR count). The molecule has 148 valence electrons. The first-order chi connectivity index (χ1) is 13.2. The highest BCUT2D eigenvalue weighted by atomic mass is 32.2. The SMILES string of the molecule is COc1cc(S(C)(=O)=O)ccc1-c1nc2ccc(C(C)(C)CNC=O)cc2[nH]1. The van der Waals surface area contributed by atoms with Crippen LogP contribution in [-0.4, -0.2) is 44.7 Å². The van der Waals surface area contributed by atoms with Crippen LogP contribution in [0.5, 0.6) is 5.75 Å². The number of carbonyl (C=O) groups excluding carboxylic acids is 1. The molecule has 8 heteroatoms. The predicted molar refractivity (Wildman–Crippen MR) is 108 cm³/mol. The van der Waals surface area contributed by atoms with Crippen molar-refractivity contribution in [2.24, 2.45) is 0 Å².